The van der Waals surface area contributed by atoms with Gasteiger partial charge in [-0.1, -0.05) is 19.9 Å². The Bertz CT molecular complexity index is 1810. The summed E-state index contributed by atoms with van der Waals surface area (Å²) in [5, 5.41) is 20.1. The number of aromatic nitrogens is 4. The molecule has 1 atom stereocenters. The van der Waals surface area contributed by atoms with Gasteiger partial charge in [-0.2, -0.15) is 10.2 Å². The highest BCUT2D eigenvalue weighted by Gasteiger charge is 2.31. The van der Waals surface area contributed by atoms with E-state index in [0.29, 0.717) is 16.8 Å². The first-order chi connectivity index (χ1) is 20.1. The lowest BCUT2D eigenvalue weighted by molar-refractivity contribution is 0.136. The first-order valence-electron chi connectivity index (χ1n) is 13.5. The molecule has 0 unspecified atom stereocenters. The molecule has 42 heavy (non-hydrogen) atoms. The molecule has 1 saturated heterocycles. The van der Waals surface area contributed by atoms with Crippen LogP contribution in [0.25, 0.3) is 28.0 Å². The van der Waals surface area contributed by atoms with E-state index < -0.39 is 17.6 Å². The maximum atomic E-state index is 14.8. The van der Waals surface area contributed by atoms with E-state index in [1.54, 1.807) is 24.4 Å². The smallest absolute Gasteiger partial charge is 0.407 e. The lowest BCUT2D eigenvalue weighted by atomic mass is 10.0. The number of para-hydroxylation sites is 1. The molecule has 4 heterocycles. The zero-order valence-corrected chi connectivity index (χ0v) is 23.9. The lowest BCUT2D eigenvalue weighted by Crippen LogP contribution is -2.54. The van der Waals surface area contributed by atoms with Crippen molar-refractivity contribution in [2.24, 2.45) is 0 Å². The normalized spacial score (nSPS) is 15.2. The molecular formula is C30H30FN7O4. The van der Waals surface area contributed by atoms with Crippen LogP contribution in [-0.2, 0) is 0 Å². The Morgan fingerprint density at radius 2 is 2.00 bits per heavy atom. The van der Waals surface area contributed by atoms with E-state index in [2.05, 4.69) is 16.0 Å². The Morgan fingerprint density at radius 3 is 2.64 bits per heavy atom. The summed E-state index contributed by atoms with van der Waals surface area (Å²) in [5.41, 5.74) is 2.07. The zero-order valence-electron chi connectivity index (χ0n) is 23.9. The highest BCUT2D eigenvalue weighted by molar-refractivity contribution is 5.93. The van der Waals surface area contributed by atoms with Gasteiger partial charge in [0.05, 0.1) is 35.1 Å². The monoisotopic (exact) mass is 571 g/mol. The Kier molecular flexibility index (Phi) is 7.51. The maximum Gasteiger partial charge on any atom is 0.407 e. The largest absolute Gasteiger partial charge is 0.493 e. The van der Waals surface area contributed by atoms with Crippen molar-refractivity contribution in [1.82, 2.24) is 24.4 Å². The summed E-state index contributed by atoms with van der Waals surface area (Å²) in [6.45, 7) is 8.34. The first-order valence-corrected chi connectivity index (χ1v) is 13.5. The highest BCUT2D eigenvalue weighted by atomic mass is 19.1. The molecule has 12 heteroatoms. The van der Waals surface area contributed by atoms with Crippen molar-refractivity contribution >= 4 is 22.9 Å². The van der Waals surface area contributed by atoms with Crippen molar-refractivity contribution in [3.63, 3.8) is 0 Å². The zero-order chi connectivity index (χ0) is 30.3. The van der Waals surface area contributed by atoms with Crippen molar-refractivity contribution in [3.05, 3.63) is 69.7 Å². The average molecular weight is 572 g/mol. The molecule has 5 rings (SSSR count). The first kappa shape index (κ1) is 28.5. The molecule has 1 fully saturated rings. The van der Waals surface area contributed by atoms with Crippen molar-refractivity contribution in [2.75, 3.05) is 31.6 Å². The average Bonchev–Trinajstić information content (AvgIpc) is 2.96. The van der Waals surface area contributed by atoms with E-state index >= 15 is 0 Å². The van der Waals surface area contributed by atoms with Gasteiger partial charge in [0, 0.05) is 37.4 Å². The fourth-order valence-corrected chi connectivity index (χ4v) is 5.47. The second kappa shape index (κ2) is 11.1. The summed E-state index contributed by atoms with van der Waals surface area (Å²) in [6, 6.07) is 9.58. The van der Waals surface area contributed by atoms with E-state index in [1.165, 1.54) is 28.7 Å². The van der Waals surface area contributed by atoms with Crippen LogP contribution in [-0.4, -0.2) is 68.4 Å². The highest BCUT2D eigenvalue weighted by Crippen LogP contribution is 2.37. The Labute approximate surface area is 241 Å². The molecule has 0 radical (unpaired) electrons. The molecule has 0 aliphatic carbocycles. The van der Waals surface area contributed by atoms with Crippen LogP contribution in [0.4, 0.5) is 15.0 Å². The predicted molar refractivity (Wildman–Crippen MR) is 155 cm³/mol. The third kappa shape index (κ3) is 4.76. The third-order valence-electron chi connectivity index (χ3n) is 7.49. The molecule has 3 aromatic heterocycles. The van der Waals surface area contributed by atoms with Crippen LogP contribution in [0, 0.1) is 24.1 Å². The van der Waals surface area contributed by atoms with E-state index in [1.807, 2.05) is 32.6 Å². The standard InChI is InChI=1S/C30H30FN7O4/c1-16(2)23-25(17(3)9-10-33-23)38-28-21(27(35-29(38)39)37-12-11-36(30(40)41)15-18(37)4)13-19(14-32)24(34-28)20-7-6-8-22(31)26(20)42-5/h6-10,13,16,18H,11-12,15H2,1-5H3,(H,40,41)/t18-/m0/s1. The van der Waals surface area contributed by atoms with Crippen molar-refractivity contribution in [2.45, 2.75) is 39.7 Å². The van der Waals surface area contributed by atoms with Gasteiger partial charge in [-0.3, -0.25) is 4.98 Å². The predicted octanol–water partition coefficient (Wildman–Crippen LogP) is 4.48. The molecule has 1 aromatic carbocycles. The van der Waals surface area contributed by atoms with Gasteiger partial charge in [-0.05, 0) is 49.6 Å². The minimum Gasteiger partial charge on any atom is -0.493 e. The number of pyridine rings is 2. The lowest BCUT2D eigenvalue weighted by Gasteiger charge is -2.39. The number of methoxy groups -OCH3 is 1. The number of piperazine rings is 1. The number of anilines is 1. The van der Waals surface area contributed by atoms with Gasteiger partial charge in [0.15, 0.2) is 17.2 Å². The number of halogens is 1. The molecule has 1 aliphatic rings. The maximum absolute atomic E-state index is 14.8. The Hall–Kier alpha value is -5.05. The van der Waals surface area contributed by atoms with Crippen LogP contribution < -0.4 is 15.3 Å². The van der Waals surface area contributed by atoms with Crippen LogP contribution in [0.2, 0.25) is 0 Å². The van der Waals surface area contributed by atoms with E-state index in [9.17, 15) is 24.3 Å². The molecule has 1 N–H and O–H groups in total. The number of hydrogen-bond acceptors (Lipinski definition) is 8. The van der Waals surface area contributed by atoms with Crippen LogP contribution in [0.1, 0.15) is 43.5 Å². The Balaban J connectivity index is 1.89. The summed E-state index contributed by atoms with van der Waals surface area (Å²) >= 11 is 0. The van der Waals surface area contributed by atoms with Crippen LogP contribution in [0.15, 0.2) is 41.3 Å². The number of rotatable bonds is 5. The fourth-order valence-electron chi connectivity index (χ4n) is 5.47. The topological polar surface area (TPSA) is 137 Å². The summed E-state index contributed by atoms with van der Waals surface area (Å²) in [6.07, 6.45) is 0.655. The molecular weight excluding hydrogens is 541 g/mol. The third-order valence-corrected chi connectivity index (χ3v) is 7.49. The number of benzene rings is 1. The van der Waals surface area contributed by atoms with Gasteiger partial charge in [0.25, 0.3) is 0 Å². The van der Waals surface area contributed by atoms with Gasteiger partial charge < -0.3 is 19.6 Å². The molecule has 0 bridgehead atoms. The molecule has 1 amide bonds. The fraction of sp³-hybridized carbons (Fsp3) is 0.333. The second-order valence-corrected chi connectivity index (χ2v) is 10.5. The van der Waals surface area contributed by atoms with Gasteiger partial charge in [-0.25, -0.2) is 23.5 Å². The minimum atomic E-state index is -1.02. The number of nitriles is 1. The van der Waals surface area contributed by atoms with Gasteiger partial charge in [-0.15, -0.1) is 0 Å². The number of ether oxygens (including phenoxy) is 1. The van der Waals surface area contributed by atoms with Gasteiger partial charge in [0.2, 0.25) is 0 Å². The number of carboxylic acid groups (broad SMARTS) is 1. The molecule has 4 aromatic rings. The Morgan fingerprint density at radius 1 is 1.24 bits per heavy atom. The molecule has 1 aliphatic heterocycles. The number of hydrogen-bond donors (Lipinski definition) is 1. The number of amides is 1. The van der Waals surface area contributed by atoms with Crippen molar-refractivity contribution < 1.29 is 19.0 Å². The summed E-state index contributed by atoms with van der Waals surface area (Å²) in [4.78, 5) is 42.7. The van der Waals surface area contributed by atoms with E-state index in [4.69, 9.17) is 9.72 Å². The van der Waals surface area contributed by atoms with E-state index in [-0.39, 0.29) is 65.6 Å². The quantitative estimate of drug-likeness (QED) is 0.367. The molecule has 0 spiro atoms. The number of fused-ring (bicyclic) bond motifs is 1. The number of carbonyl (C=O) groups is 1. The van der Waals surface area contributed by atoms with Crippen LogP contribution in [0.3, 0.4) is 0 Å². The number of aryl methyl sites for hydroxylation is 1. The number of nitrogens with zero attached hydrogens (tertiary/aromatic N) is 7. The summed E-state index contributed by atoms with van der Waals surface area (Å²) in [7, 11) is 1.33. The van der Waals surface area contributed by atoms with Crippen molar-refractivity contribution in [3.8, 4) is 28.8 Å². The summed E-state index contributed by atoms with van der Waals surface area (Å²) < 4.78 is 21.5. The molecule has 11 nitrogen and oxygen atoms in total. The van der Waals surface area contributed by atoms with E-state index in [0.717, 1.165) is 5.56 Å². The van der Waals surface area contributed by atoms with Gasteiger partial charge in [0.1, 0.15) is 11.9 Å². The van der Waals surface area contributed by atoms with Crippen LogP contribution >= 0.6 is 0 Å². The minimum absolute atomic E-state index is 0.0492. The van der Waals surface area contributed by atoms with Crippen LogP contribution in [0.5, 0.6) is 5.75 Å². The second-order valence-electron chi connectivity index (χ2n) is 10.5. The molecule has 0 saturated carbocycles. The summed E-state index contributed by atoms with van der Waals surface area (Å²) in [5.74, 6) is -0.461. The SMILES string of the molecule is COc1c(F)cccc1-c1nc2c(cc1C#N)c(N1CCN(C(=O)O)C[C@@H]1C)nc(=O)n2-c1c(C)ccnc1C(C)C. The van der Waals surface area contributed by atoms with Gasteiger partial charge >= 0.3 is 11.8 Å². The van der Waals surface area contributed by atoms with Crippen molar-refractivity contribution in [1.29, 1.82) is 5.26 Å². The molecule has 216 valence electrons.